The van der Waals surface area contributed by atoms with Crippen LogP contribution in [0.1, 0.15) is 53.8 Å². The van der Waals surface area contributed by atoms with E-state index >= 15 is 0 Å². The Hall–Kier alpha value is -3.61. The molecule has 7 nitrogen and oxygen atoms in total. The molecule has 0 atom stereocenters. The minimum atomic E-state index is -0.527. The zero-order valence-corrected chi connectivity index (χ0v) is 18.3. The maximum absolute atomic E-state index is 13.4. The van der Waals surface area contributed by atoms with E-state index in [2.05, 4.69) is 10.6 Å². The summed E-state index contributed by atoms with van der Waals surface area (Å²) in [5, 5.41) is 5.85. The molecular formula is C25H27N3O4. The van der Waals surface area contributed by atoms with Gasteiger partial charge >= 0.3 is 6.09 Å². The van der Waals surface area contributed by atoms with Gasteiger partial charge in [0, 0.05) is 35.6 Å². The third-order valence-electron chi connectivity index (χ3n) is 5.51. The Morgan fingerprint density at radius 2 is 1.47 bits per heavy atom. The summed E-state index contributed by atoms with van der Waals surface area (Å²) >= 11 is 0. The van der Waals surface area contributed by atoms with E-state index in [9.17, 15) is 14.4 Å². The van der Waals surface area contributed by atoms with Gasteiger partial charge in [-0.05, 0) is 57.4 Å². The maximum atomic E-state index is 13.4. The molecule has 1 fully saturated rings. The fraction of sp³-hybridized carbons (Fsp3) is 0.320. The summed E-state index contributed by atoms with van der Waals surface area (Å²) in [5.41, 5.74) is 2.83. The van der Waals surface area contributed by atoms with Gasteiger partial charge in [-0.1, -0.05) is 24.3 Å². The molecule has 1 heterocycles. The first-order valence-corrected chi connectivity index (χ1v) is 11.0. The van der Waals surface area contributed by atoms with Crippen LogP contribution in [-0.2, 0) is 4.74 Å². The number of piperidine rings is 1. The van der Waals surface area contributed by atoms with Crippen molar-refractivity contribution in [2.75, 3.05) is 23.7 Å². The molecule has 1 aliphatic carbocycles. The van der Waals surface area contributed by atoms with E-state index in [1.54, 1.807) is 62.4 Å². The molecule has 0 unspecified atom stereocenters. The summed E-state index contributed by atoms with van der Waals surface area (Å²) < 4.78 is 5.09. The molecule has 1 amide bonds. The van der Waals surface area contributed by atoms with E-state index in [0.717, 1.165) is 32.4 Å². The predicted octanol–water partition coefficient (Wildman–Crippen LogP) is 4.83. The highest BCUT2D eigenvalue weighted by Gasteiger charge is 2.35. The molecule has 166 valence electrons. The zero-order chi connectivity index (χ0) is 22.7. The van der Waals surface area contributed by atoms with Gasteiger partial charge in [-0.15, -0.1) is 0 Å². The molecular weight excluding hydrogens is 406 g/mol. The number of Topliss-reactive ketones (excluding diaryl/α,β-unsaturated/α-hetero) is 2. The SMILES string of the molecule is CC(C)OC(=O)Nc1ccc(NC2=C(N3CCCCC3)C(=O)c3ccccc3C2=O)cc1. The molecule has 7 heteroatoms. The van der Waals surface area contributed by atoms with Crippen molar-refractivity contribution in [1.29, 1.82) is 0 Å². The Morgan fingerprint density at radius 3 is 2.09 bits per heavy atom. The first-order valence-electron chi connectivity index (χ1n) is 11.0. The molecule has 0 aromatic heterocycles. The number of allylic oxidation sites excluding steroid dienone is 2. The zero-order valence-electron chi connectivity index (χ0n) is 18.3. The maximum Gasteiger partial charge on any atom is 0.411 e. The van der Waals surface area contributed by atoms with Gasteiger partial charge in [-0.3, -0.25) is 14.9 Å². The van der Waals surface area contributed by atoms with E-state index < -0.39 is 6.09 Å². The summed E-state index contributed by atoms with van der Waals surface area (Å²) in [7, 11) is 0. The van der Waals surface area contributed by atoms with Crippen molar-refractivity contribution >= 4 is 29.0 Å². The van der Waals surface area contributed by atoms with Crippen molar-refractivity contribution in [3.8, 4) is 0 Å². The summed E-state index contributed by atoms with van der Waals surface area (Å²) in [6.45, 7) is 5.06. The Morgan fingerprint density at radius 1 is 0.875 bits per heavy atom. The number of hydrogen-bond donors (Lipinski definition) is 2. The lowest BCUT2D eigenvalue weighted by molar-refractivity contribution is 0.0935. The largest absolute Gasteiger partial charge is 0.447 e. The van der Waals surface area contributed by atoms with Crippen LogP contribution in [0.4, 0.5) is 16.2 Å². The van der Waals surface area contributed by atoms with Crippen LogP contribution in [0.15, 0.2) is 59.9 Å². The number of likely N-dealkylation sites (tertiary alicyclic amines) is 1. The summed E-state index contributed by atoms with van der Waals surface area (Å²) in [4.78, 5) is 40.6. The molecule has 0 saturated carbocycles. The van der Waals surface area contributed by atoms with Crippen molar-refractivity contribution in [3.63, 3.8) is 0 Å². The first kappa shape index (κ1) is 21.6. The van der Waals surface area contributed by atoms with Crippen LogP contribution < -0.4 is 10.6 Å². The number of carbonyl (C=O) groups is 3. The molecule has 0 radical (unpaired) electrons. The Kier molecular flexibility index (Phi) is 6.25. The Bertz CT molecular complexity index is 1070. The number of ketones is 2. The molecule has 2 aromatic rings. The standard InChI is InChI=1S/C25H27N3O4/c1-16(2)32-25(31)27-18-12-10-17(11-13-18)26-21-22(28-14-6-3-7-15-28)24(30)20-9-5-4-8-19(20)23(21)29/h4-5,8-13,16,26H,3,6-7,14-15H2,1-2H3,(H,27,31). The molecule has 2 aromatic carbocycles. The quantitative estimate of drug-likeness (QED) is 0.702. The van der Waals surface area contributed by atoms with Gasteiger partial charge in [0.25, 0.3) is 0 Å². The van der Waals surface area contributed by atoms with Gasteiger partial charge in [-0.2, -0.15) is 0 Å². The van der Waals surface area contributed by atoms with E-state index in [4.69, 9.17) is 4.74 Å². The number of amides is 1. The highest BCUT2D eigenvalue weighted by molar-refractivity contribution is 6.27. The van der Waals surface area contributed by atoms with Crippen molar-refractivity contribution in [1.82, 2.24) is 4.90 Å². The summed E-state index contributed by atoms with van der Waals surface area (Å²) in [6, 6.07) is 13.9. The number of hydrogen-bond acceptors (Lipinski definition) is 6. The van der Waals surface area contributed by atoms with Gasteiger partial charge in [0.1, 0.15) is 11.4 Å². The van der Waals surface area contributed by atoms with E-state index in [1.807, 2.05) is 4.90 Å². The number of nitrogens with zero attached hydrogens (tertiary/aromatic N) is 1. The smallest absolute Gasteiger partial charge is 0.411 e. The minimum absolute atomic E-state index is 0.126. The average Bonchev–Trinajstić information content (AvgIpc) is 2.79. The van der Waals surface area contributed by atoms with Gasteiger partial charge in [0.05, 0.1) is 6.10 Å². The number of nitrogens with one attached hydrogen (secondary N) is 2. The molecule has 32 heavy (non-hydrogen) atoms. The van der Waals surface area contributed by atoms with Crippen LogP contribution >= 0.6 is 0 Å². The topological polar surface area (TPSA) is 87.7 Å². The van der Waals surface area contributed by atoms with Gasteiger partial charge in [-0.25, -0.2) is 4.79 Å². The number of ether oxygens (including phenoxy) is 1. The van der Waals surface area contributed by atoms with Crippen LogP contribution in [0, 0.1) is 0 Å². The van der Waals surface area contributed by atoms with Crippen LogP contribution in [0.2, 0.25) is 0 Å². The molecule has 4 rings (SSSR count). The normalized spacial score (nSPS) is 16.2. The van der Waals surface area contributed by atoms with Crippen LogP contribution in [0.3, 0.4) is 0 Å². The fourth-order valence-corrected chi connectivity index (χ4v) is 4.04. The highest BCUT2D eigenvalue weighted by Crippen LogP contribution is 2.31. The second-order valence-corrected chi connectivity index (χ2v) is 8.26. The average molecular weight is 434 g/mol. The lowest BCUT2D eigenvalue weighted by atomic mass is 9.89. The van der Waals surface area contributed by atoms with Crippen LogP contribution in [0.5, 0.6) is 0 Å². The molecule has 2 N–H and O–H groups in total. The molecule has 1 saturated heterocycles. The molecule has 0 spiro atoms. The van der Waals surface area contributed by atoms with Crippen molar-refractivity contribution < 1.29 is 19.1 Å². The van der Waals surface area contributed by atoms with Crippen LogP contribution in [-0.4, -0.2) is 41.8 Å². The number of fused-ring (bicyclic) bond motifs is 1. The van der Waals surface area contributed by atoms with Crippen molar-refractivity contribution in [2.45, 2.75) is 39.2 Å². The monoisotopic (exact) mass is 433 g/mol. The van der Waals surface area contributed by atoms with Gasteiger partial charge in [0.2, 0.25) is 11.6 Å². The number of anilines is 2. The van der Waals surface area contributed by atoms with E-state index in [0.29, 0.717) is 33.9 Å². The second-order valence-electron chi connectivity index (χ2n) is 8.26. The van der Waals surface area contributed by atoms with Crippen LogP contribution in [0.25, 0.3) is 0 Å². The lowest BCUT2D eigenvalue weighted by Crippen LogP contribution is -2.39. The van der Waals surface area contributed by atoms with Gasteiger partial charge in [0.15, 0.2) is 0 Å². The molecule has 0 bridgehead atoms. The fourth-order valence-electron chi connectivity index (χ4n) is 4.04. The first-order chi connectivity index (χ1) is 15.4. The summed E-state index contributed by atoms with van der Waals surface area (Å²) in [5.74, 6) is -0.317. The Balaban J connectivity index is 1.62. The number of carbonyl (C=O) groups excluding carboxylic acids is 3. The predicted molar refractivity (Wildman–Crippen MR) is 123 cm³/mol. The number of benzene rings is 2. The molecule has 2 aliphatic rings. The van der Waals surface area contributed by atoms with Crippen molar-refractivity contribution in [2.24, 2.45) is 0 Å². The van der Waals surface area contributed by atoms with E-state index in [-0.39, 0.29) is 17.7 Å². The van der Waals surface area contributed by atoms with Gasteiger partial charge < -0.3 is 15.0 Å². The number of rotatable bonds is 5. The third kappa shape index (κ3) is 4.51. The third-order valence-corrected chi connectivity index (χ3v) is 5.51. The highest BCUT2D eigenvalue weighted by atomic mass is 16.6. The lowest BCUT2D eigenvalue weighted by Gasteiger charge is -2.34. The van der Waals surface area contributed by atoms with Crippen molar-refractivity contribution in [3.05, 3.63) is 71.1 Å². The Labute approximate surface area is 187 Å². The second kappa shape index (κ2) is 9.26. The minimum Gasteiger partial charge on any atom is -0.447 e. The summed E-state index contributed by atoms with van der Waals surface area (Å²) in [6.07, 6.45) is 2.37. The van der Waals surface area contributed by atoms with E-state index in [1.165, 1.54) is 0 Å². The molecule has 1 aliphatic heterocycles.